The van der Waals surface area contributed by atoms with Crippen molar-refractivity contribution in [3.8, 4) is 10.6 Å². The number of thiophene rings is 1. The number of hydrogen-bond acceptors (Lipinski definition) is 4. The summed E-state index contributed by atoms with van der Waals surface area (Å²) in [5.41, 5.74) is 8.87. The van der Waals surface area contributed by atoms with Crippen LogP contribution in [0.25, 0.3) is 10.6 Å². The zero-order valence-corrected chi connectivity index (χ0v) is 12.0. The summed E-state index contributed by atoms with van der Waals surface area (Å²) in [6, 6.07) is 14.5. The van der Waals surface area contributed by atoms with Crippen LogP contribution in [0.1, 0.15) is 24.2 Å². The Morgan fingerprint density at radius 2 is 2.00 bits per heavy atom. The number of nitrogens with two attached hydrogens (primary N) is 1. The number of hydrogen-bond donors (Lipinski definition) is 1. The average molecular weight is 284 g/mol. The van der Waals surface area contributed by atoms with Gasteiger partial charge in [-0.2, -0.15) is 0 Å². The van der Waals surface area contributed by atoms with Crippen LogP contribution in [0.4, 0.5) is 0 Å². The molecule has 3 rings (SSSR count). The molecule has 0 aliphatic heterocycles. The first-order chi connectivity index (χ1) is 9.81. The van der Waals surface area contributed by atoms with Crippen LogP contribution in [-0.2, 0) is 6.54 Å². The minimum atomic E-state index is 0.126. The smallest absolute Gasteiger partial charge is 0.105 e. The van der Waals surface area contributed by atoms with Crippen molar-refractivity contribution in [2.24, 2.45) is 5.73 Å². The van der Waals surface area contributed by atoms with Gasteiger partial charge in [0.2, 0.25) is 0 Å². The average Bonchev–Trinajstić information content (AvgIpc) is 3.15. The largest absolute Gasteiger partial charge is 0.325 e. The summed E-state index contributed by atoms with van der Waals surface area (Å²) in [4.78, 5) is 1.15. The molecule has 1 atom stereocenters. The molecule has 0 bridgehead atoms. The monoisotopic (exact) mass is 284 g/mol. The van der Waals surface area contributed by atoms with E-state index in [1.807, 2.05) is 28.9 Å². The van der Waals surface area contributed by atoms with Crippen molar-refractivity contribution >= 4 is 11.3 Å². The molecule has 20 heavy (non-hydrogen) atoms. The number of rotatable bonds is 4. The predicted molar refractivity (Wildman–Crippen MR) is 81.5 cm³/mol. The molecule has 0 saturated carbocycles. The standard InChI is InChI=1S/C15H16N4S/c1-11(12-6-3-2-4-7-12)19-15(13(10-16)17-18-19)14-8-5-9-20-14/h2-9,11H,10,16H2,1H3. The van der Waals surface area contributed by atoms with Gasteiger partial charge in [0.1, 0.15) is 11.4 Å². The summed E-state index contributed by atoms with van der Waals surface area (Å²) in [5.74, 6) is 0. The van der Waals surface area contributed by atoms with E-state index < -0.39 is 0 Å². The minimum absolute atomic E-state index is 0.126. The Morgan fingerprint density at radius 3 is 2.65 bits per heavy atom. The molecule has 2 aromatic heterocycles. The van der Waals surface area contributed by atoms with Crippen LogP contribution < -0.4 is 5.73 Å². The topological polar surface area (TPSA) is 56.7 Å². The number of nitrogens with zero attached hydrogens (tertiary/aromatic N) is 3. The first-order valence-corrected chi connectivity index (χ1v) is 7.42. The normalized spacial score (nSPS) is 12.5. The quantitative estimate of drug-likeness (QED) is 0.801. The molecular formula is C15H16N4S. The second-order valence-corrected chi connectivity index (χ2v) is 5.55. The van der Waals surface area contributed by atoms with E-state index in [2.05, 4.69) is 40.8 Å². The van der Waals surface area contributed by atoms with E-state index in [-0.39, 0.29) is 6.04 Å². The summed E-state index contributed by atoms with van der Waals surface area (Å²) >= 11 is 1.68. The van der Waals surface area contributed by atoms with Gasteiger partial charge in [-0.3, -0.25) is 0 Å². The summed E-state index contributed by atoms with van der Waals surface area (Å²) in [7, 11) is 0. The van der Waals surface area contributed by atoms with Crippen molar-refractivity contribution in [1.29, 1.82) is 0 Å². The van der Waals surface area contributed by atoms with Crippen LogP contribution in [0.3, 0.4) is 0 Å². The molecule has 1 unspecified atom stereocenters. The molecule has 0 aliphatic carbocycles. The van der Waals surface area contributed by atoms with Crippen molar-refractivity contribution in [2.45, 2.75) is 19.5 Å². The highest BCUT2D eigenvalue weighted by molar-refractivity contribution is 7.13. The van der Waals surface area contributed by atoms with Gasteiger partial charge in [-0.1, -0.05) is 41.6 Å². The molecular weight excluding hydrogens is 268 g/mol. The maximum absolute atomic E-state index is 5.80. The Labute approximate surface area is 121 Å². The van der Waals surface area contributed by atoms with E-state index in [4.69, 9.17) is 5.73 Å². The van der Waals surface area contributed by atoms with E-state index in [9.17, 15) is 0 Å². The van der Waals surface area contributed by atoms with Gasteiger partial charge in [-0.05, 0) is 23.9 Å². The van der Waals surface area contributed by atoms with Crippen molar-refractivity contribution in [3.05, 3.63) is 59.1 Å². The molecule has 5 heteroatoms. The Morgan fingerprint density at radius 1 is 1.20 bits per heavy atom. The molecule has 0 fully saturated rings. The van der Waals surface area contributed by atoms with E-state index in [1.54, 1.807) is 11.3 Å². The van der Waals surface area contributed by atoms with Crippen molar-refractivity contribution in [2.75, 3.05) is 0 Å². The maximum Gasteiger partial charge on any atom is 0.105 e. The fourth-order valence-corrected chi connectivity index (χ4v) is 3.06. The Hall–Kier alpha value is -1.98. The Bertz CT molecular complexity index is 673. The highest BCUT2D eigenvalue weighted by atomic mass is 32.1. The van der Waals surface area contributed by atoms with Crippen LogP contribution in [0.5, 0.6) is 0 Å². The van der Waals surface area contributed by atoms with E-state index in [1.165, 1.54) is 5.56 Å². The van der Waals surface area contributed by atoms with Crippen LogP contribution in [0.15, 0.2) is 47.8 Å². The zero-order valence-electron chi connectivity index (χ0n) is 11.2. The molecule has 4 nitrogen and oxygen atoms in total. The SMILES string of the molecule is CC(c1ccccc1)n1nnc(CN)c1-c1cccs1. The molecule has 0 amide bonds. The van der Waals surface area contributed by atoms with E-state index >= 15 is 0 Å². The maximum atomic E-state index is 5.80. The zero-order chi connectivity index (χ0) is 13.9. The van der Waals surface area contributed by atoms with Crippen LogP contribution in [-0.4, -0.2) is 15.0 Å². The van der Waals surface area contributed by atoms with E-state index in [0.717, 1.165) is 16.3 Å². The molecule has 102 valence electrons. The first-order valence-electron chi connectivity index (χ1n) is 6.54. The lowest BCUT2D eigenvalue weighted by Gasteiger charge is -2.15. The van der Waals surface area contributed by atoms with Gasteiger partial charge >= 0.3 is 0 Å². The molecule has 2 N–H and O–H groups in total. The van der Waals surface area contributed by atoms with Gasteiger partial charge in [0.05, 0.1) is 10.9 Å². The fraction of sp³-hybridized carbons (Fsp3) is 0.200. The van der Waals surface area contributed by atoms with Gasteiger partial charge < -0.3 is 5.73 Å². The predicted octanol–water partition coefficient (Wildman–Crippen LogP) is 3.07. The summed E-state index contributed by atoms with van der Waals surface area (Å²) < 4.78 is 1.96. The molecule has 0 spiro atoms. The third-order valence-corrected chi connectivity index (χ3v) is 4.24. The molecule has 0 saturated heterocycles. The van der Waals surface area contributed by atoms with Gasteiger partial charge in [0.15, 0.2) is 0 Å². The lowest BCUT2D eigenvalue weighted by Crippen LogP contribution is -2.10. The summed E-state index contributed by atoms with van der Waals surface area (Å²) in [5, 5.41) is 10.6. The molecule has 2 heterocycles. The van der Waals surface area contributed by atoms with Gasteiger partial charge in [0.25, 0.3) is 0 Å². The Kier molecular flexibility index (Phi) is 3.62. The van der Waals surface area contributed by atoms with Crippen molar-refractivity contribution in [3.63, 3.8) is 0 Å². The van der Waals surface area contributed by atoms with Gasteiger partial charge in [-0.25, -0.2) is 4.68 Å². The lowest BCUT2D eigenvalue weighted by molar-refractivity contribution is 0.549. The second kappa shape index (κ2) is 5.56. The molecule has 1 aromatic carbocycles. The van der Waals surface area contributed by atoms with Gasteiger partial charge in [0, 0.05) is 6.54 Å². The highest BCUT2D eigenvalue weighted by Crippen LogP contribution is 2.30. The number of aromatic nitrogens is 3. The van der Waals surface area contributed by atoms with Gasteiger partial charge in [-0.15, -0.1) is 16.4 Å². The molecule has 0 aliphatic rings. The van der Waals surface area contributed by atoms with Crippen molar-refractivity contribution < 1.29 is 0 Å². The summed E-state index contributed by atoms with van der Waals surface area (Å²) in [6.45, 7) is 2.52. The van der Waals surface area contributed by atoms with Crippen LogP contribution >= 0.6 is 11.3 Å². The molecule has 0 radical (unpaired) electrons. The third kappa shape index (κ3) is 2.26. The first kappa shape index (κ1) is 13.0. The van der Waals surface area contributed by atoms with Crippen LogP contribution in [0.2, 0.25) is 0 Å². The molecule has 3 aromatic rings. The minimum Gasteiger partial charge on any atom is -0.325 e. The second-order valence-electron chi connectivity index (χ2n) is 4.60. The number of benzene rings is 1. The lowest BCUT2D eigenvalue weighted by atomic mass is 10.1. The van der Waals surface area contributed by atoms with Crippen molar-refractivity contribution in [1.82, 2.24) is 15.0 Å². The van der Waals surface area contributed by atoms with Crippen LogP contribution in [0, 0.1) is 0 Å². The Balaban J connectivity index is 2.09. The fourth-order valence-electron chi connectivity index (χ4n) is 2.28. The summed E-state index contributed by atoms with van der Waals surface area (Å²) in [6.07, 6.45) is 0. The third-order valence-electron chi connectivity index (χ3n) is 3.36. The van der Waals surface area contributed by atoms with E-state index in [0.29, 0.717) is 6.54 Å². The highest BCUT2D eigenvalue weighted by Gasteiger charge is 2.19.